The maximum atomic E-state index is 10.2. The number of carbonyl (C=O) groups is 1. The molecule has 2 rings (SSSR count). The minimum Gasteiger partial charge on any atom is -0.306 e. The number of nitrogens with one attached hydrogen (secondary N) is 1. The van der Waals surface area contributed by atoms with Crippen LogP contribution in [0.5, 0.6) is 0 Å². The van der Waals surface area contributed by atoms with Gasteiger partial charge < -0.3 is 10.1 Å². The van der Waals surface area contributed by atoms with E-state index in [-0.39, 0.29) is 0 Å². The molecule has 0 heterocycles. The summed E-state index contributed by atoms with van der Waals surface area (Å²) in [7, 11) is 0. The van der Waals surface area contributed by atoms with E-state index in [9.17, 15) is 4.79 Å². The van der Waals surface area contributed by atoms with Crippen LogP contribution in [-0.2, 0) is 11.3 Å². The topological polar surface area (TPSA) is 29.1 Å². The van der Waals surface area contributed by atoms with Crippen molar-refractivity contribution in [3.8, 4) is 0 Å². The molecule has 0 saturated carbocycles. The highest BCUT2D eigenvalue weighted by Gasteiger charge is 1.96. The Kier molecular flexibility index (Phi) is 3.32. The first-order chi connectivity index (χ1) is 7.79. The van der Waals surface area contributed by atoms with E-state index < -0.39 is 0 Å². The number of carbonyl (C=O) groups excluding carboxylic acids is 1. The van der Waals surface area contributed by atoms with Crippen molar-refractivity contribution in [3.05, 3.63) is 47.5 Å². The molecule has 0 spiro atoms. The fraction of sp³-hybridized carbons (Fsp3) is 0.214. The third-order valence-corrected chi connectivity index (χ3v) is 2.62. The van der Waals surface area contributed by atoms with Crippen LogP contribution in [0.25, 0.3) is 10.8 Å². The number of fused-ring (bicyclic) bond motifs is 1. The lowest BCUT2D eigenvalue weighted by atomic mass is 10.0. The molecule has 0 saturated heterocycles. The van der Waals surface area contributed by atoms with E-state index in [0.29, 0.717) is 6.54 Å². The molecule has 0 atom stereocenters. The van der Waals surface area contributed by atoms with Crippen LogP contribution in [0.3, 0.4) is 0 Å². The molecule has 0 amide bonds. The van der Waals surface area contributed by atoms with Gasteiger partial charge in [0.15, 0.2) is 0 Å². The second kappa shape index (κ2) is 4.90. The zero-order chi connectivity index (χ0) is 11.4. The van der Waals surface area contributed by atoms with Gasteiger partial charge in [-0.1, -0.05) is 35.9 Å². The molecular weight excluding hydrogens is 198 g/mol. The van der Waals surface area contributed by atoms with Crippen LogP contribution in [0, 0.1) is 6.92 Å². The lowest BCUT2D eigenvalue weighted by molar-refractivity contribution is -0.107. The molecule has 16 heavy (non-hydrogen) atoms. The fourth-order valence-corrected chi connectivity index (χ4v) is 1.80. The lowest BCUT2D eigenvalue weighted by Crippen LogP contribution is -2.15. The molecule has 0 bridgehead atoms. The van der Waals surface area contributed by atoms with Crippen molar-refractivity contribution in [1.29, 1.82) is 0 Å². The summed E-state index contributed by atoms with van der Waals surface area (Å²) in [6, 6.07) is 12.8. The van der Waals surface area contributed by atoms with Crippen LogP contribution >= 0.6 is 0 Å². The zero-order valence-electron chi connectivity index (χ0n) is 9.36. The highest BCUT2D eigenvalue weighted by Crippen LogP contribution is 2.17. The highest BCUT2D eigenvalue weighted by molar-refractivity contribution is 5.83. The van der Waals surface area contributed by atoms with Crippen molar-refractivity contribution < 1.29 is 4.79 Å². The van der Waals surface area contributed by atoms with Crippen molar-refractivity contribution >= 4 is 17.1 Å². The normalized spacial score (nSPS) is 10.6. The van der Waals surface area contributed by atoms with Gasteiger partial charge in [0.25, 0.3) is 0 Å². The molecule has 0 radical (unpaired) electrons. The molecule has 0 aromatic heterocycles. The average Bonchev–Trinajstić information content (AvgIpc) is 2.29. The monoisotopic (exact) mass is 213 g/mol. The summed E-state index contributed by atoms with van der Waals surface area (Å²) in [5, 5.41) is 5.57. The van der Waals surface area contributed by atoms with Gasteiger partial charge in [-0.25, -0.2) is 0 Å². The van der Waals surface area contributed by atoms with Gasteiger partial charge >= 0.3 is 0 Å². The molecule has 82 valence electrons. The molecule has 0 aliphatic carbocycles. The first-order valence-electron chi connectivity index (χ1n) is 5.43. The Morgan fingerprint density at radius 2 is 1.88 bits per heavy atom. The maximum absolute atomic E-state index is 10.2. The predicted molar refractivity (Wildman–Crippen MR) is 66.5 cm³/mol. The summed E-state index contributed by atoms with van der Waals surface area (Å²) >= 11 is 0. The average molecular weight is 213 g/mol. The van der Waals surface area contributed by atoms with Crippen LogP contribution in [0.1, 0.15) is 11.1 Å². The second-order valence-corrected chi connectivity index (χ2v) is 3.98. The van der Waals surface area contributed by atoms with E-state index in [2.05, 4.69) is 48.6 Å². The number of rotatable bonds is 4. The van der Waals surface area contributed by atoms with Crippen LogP contribution in [-0.4, -0.2) is 12.8 Å². The number of hydrogen-bond donors (Lipinski definition) is 1. The van der Waals surface area contributed by atoms with Crippen molar-refractivity contribution in [2.24, 2.45) is 0 Å². The molecule has 1 N–H and O–H groups in total. The summed E-state index contributed by atoms with van der Waals surface area (Å²) < 4.78 is 0. The van der Waals surface area contributed by atoms with E-state index >= 15 is 0 Å². The maximum Gasteiger partial charge on any atom is 0.133 e. The standard InChI is InChI=1S/C14H15NO/c1-11-2-4-14-9-12(10-15-6-7-16)3-5-13(14)8-11/h2-5,7-9,15H,6,10H2,1H3. The SMILES string of the molecule is Cc1ccc2cc(CNCC=O)ccc2c1. The third-order valence-electron chi connectivity index (χ3n) is 2.62. The van der Waals surface area contributed by atoms with Crippen LogP contribution < -0.4 is 5.32 Å². The van der Waals surface area contributed by atoms with Gasteiger partial charge in [-0.15, -0.1) is 0 Å². The smallest absolute Gasteiger partial charge is 0.133 e. The number of aldehydes is 1. The van der Waals surface area contributed by atoms with E-state index in [4.69, 9.17) is 0 Å². The van der Waals surface area contributed by atoms with E-state index in [1.807, 2.05) is 0 Å². The number of hydrogen-bond acceptors (Lipinski definition) is 2. The first kappa shape index (κ1) is 10.8. The van der Waals surface area contributed by atoms with Crippen molar-refractivity contribution in [2.45, 2.75) is 13.5 Å². The van der Waals surface area contributed by atoms with Gasteiger partial charge in [0.2, 0.25) is 0 Å². The Hall–Kier alpha value is -1.67. The van der Waals surface area contributed by atoms with Gasteiger partial charge in [0.1, 0.15) is 6.29 Å². The quantitative estimate of drug-likeness (QED) is 0.624. The minimum atomic E-state index is 0.409. The van der Waals surface area contributed by atoms with E-state index in [1.165, 1.54) is 21.9 Å². The van der Waals surface area contributed by atoms with Gasteiger partial charge in [0, 0.05) is 6.54 Å². The van der Waals surface area contributed by atoms with E-state index in [1.54, 1.807) is 0 Å². The van der Waals surface area contributed by atoms with Crippen LogP contribution in [0.15, 0.2) is 36.4 Å². The minimum absolute atomic E-state index is 0.409. The van der Waals surface area contributed by atoms with Crippen molar-refractivity contribution in [2.75, 3.05) is 6.54 Å². The van der Waals surface area contributed by atoms with Gasteiger partial charge in [0.05, 0.1) is 6.54 Å². The number of benzene rings is 2. The molecule has 0 fully saturated rings. The summed E-state index contributed by atoms with van der Waals surface area (Å²) in [6.45, 7) is 3.24. The zero-order valence-corrected chi connectivity index (χ0v) is 9.36. The molecular formula is C14H15NO. The largest absolute Gasteiger partial charge is 0.306 e. The summed E-state index contributed by atoms with van der Waals surface area (Å²) in [6.07, 6.45) is 0.879. The molecule has 2 heteroatoms. The highest BCUT2D eigenvalue weighted by atomic mass is 16.1. The Balaban J connectivity index is 2.23. The Bertz CT molecular complexity index is 505. The molecule has 2 nitrogen and oxygen atoms in total. The molecule has 2 aromatic rings. The second-order valence-electron chi connectivity index (χ2n) is 3.98. The Morgan fingerprint density at radius 3 is 2.69 bits per heavy atom. The van der Waals surface area contributed by atoms with Crippen molar-refractivity contribution in [1.82, 2.24) is 5.32 Å². The first-order valence-corrected chi connectivity index (χ1v) is 5.43. The van der Waals surface area contributed by atoms with Gasteiger partial charge in [-0.3, -0.25) is 0 Å². The van der Waals surface area contributed by atoms with Gasteiger partial charge in [-0.05, 0) is 29.3 Å². The molecule has 0 aliphatic heterocycles. The molecule has 0 unspecified atom stereocenters. The van der Waals surface area contributed by atoms with Gasteiger partial charge in [-0.2, -0.15) is 0 Å². The summed E-state index contributed by atoms with van der Waals surface area (Å²) in [5.74, 6) is 0. The summed E-state index contributed by atoms with van der Waals surface area (Å²) in [5.41, 5.74) is 2.48. The summed E-state index contributed by atoms with van der Waals surface area (Å²) in [4.78, 5) is 10.2. The van der Waals surface area contributed by atoms with Crippen LogP contribution in [0.4, 0.5) is 0 Å². The Labute approximate surface area is 95.3 Å². The fourth-order valence-electron chi connectivity index (χ4n) is 1.80. The van der Waals surface area contributed by atoms with Crippen LogP contribution in [0.2, 0.25) is 0 Å². The number of aryl methyl sites for hydroxylation is 1. The molecule has 0 aliphatic rings. The molecule has 2 aromatic carbocycles. The van der Waals surface area contributed by atoms with E-state index in [0.717, 1.165) is 12.8 Å². The lowest BCUT2D eigenvalue weighted by Gasteiger charge is -2.04. The third kappa shape index (κ3) is 2.47. The van der Waals surface area contributed by atoms with Crippen molar-refractivity contribution in [3.63, 3.8) is 0 Å². The Morgan fingerprint density at radius 1 is 1.12 bits per heavy atom. The predicted octanol–water partition coefficient (Wildman–Crippen LogP) is 2.44.